The van der Waals surface area contributed by atoms with Crippen molar-refractivity contribution >= 4 is 196 Å². The molecule has 632 valence electrons. The molecule has 0 amide bonds. The average molecular weight is 1900 g/mol. The molecule has 0 spiro atoms. The fourth-order valence-corrected chi connectivity index (χ4v) is 134. The summed E-state index contributed by atoms with van der Waals surface area (Å²) in [5.41, 5.74) is 0. The van der Waals surface area contributed by atoms with E-state index >= 15 is 0 Å². The molecule has 0 aliphatic rings. The van der Waals surface area contributed by atoms with Crippen molar-refractivity contribution in [1.29, 1.82) is 0 Å². The van der Waals surface area contributed by atoms with Crippen LogP contribution in [0, 0.1) is 0 Å². The second-order valence-corrected chi connectivity index (χ2v) is 123. The standard InChI is InChI=1S/C56H160O26Si23/c1-83(2,3)61-85(7,8)63-86(9,10)64-87(11,12)65-88(13,14)66-89(15,16)67-90(17,18)68-91(19,20)69-92(21,22)70-93(23,24)71-94(25,26)72-95(27,28)73-96(29,30)74-97(31,32)75-98(33,34)76-99(35,36)77-100(37,38)78-101(39,40)79-102(41,42)80-103(43,44)81-105(46,56-48-52-60-54-50-58)82-104(45,62-84(4,5)6)55-47-51-59-53-49-57/h57-58H,47-56H2,1-46H3. The summed E-state index contributed by atoms with van der Waals surface area (Å²) >= 11 is 0. The molecule has 0 bridgehead atoms. The molecule has 2 N–H and O–H groups in total. The Morgan fingerprint density at radius 3 is 0.429 bits per heavy atom. The van der Waals surface area contributed by atoms with Gasteiger partial charge in [-0.1, -0.05) is 0 Å². The first-order valence-electron chi connectivity index (χ1n) is 37.5. The largest absolute Gasteiger partial charge is 0.437 e. The number of aliphatic hydroxyl groups is 2. The van der Waals surface area contributed by atoms with E-state index in [1.54, 1.807) is 0 Å². The monoisotopic (exact) mass is 1890 g/mol. The SMILES string of the molecule is C[Si](C)(C)O[Si](C)(C)O[Si](C)(C)O[Si](C)(C)O[Si](C)(C)O[Si](C)(C)O[Si](C)(C)O[Si](C)(C)O[Si](C)(C)O[Si](C)(C)O[Si](C)(C)O[Si](C)(C)O[Si](C)(C)O[Si](C)(C)O[Si](C)(C)O[Si](C)(C)O[Si](C)(C)O[Si](C)(C)O[Si](C)(C)O[Si](C)(C)O[Si](C)(CCCOCCO)O[Si](C)(CCCOCCO)O[Si](C)(C)C. The quantitative estimate of drug-likeness (QED) is 0.0423. The highest BCUT2D eigenvalue weighted by Gasteiger charge is 2.56. The summed E-state index contributed by atoms with van der Waals surface area (Å²) in [5, 5.41) is 18.7. The molecule has 26 nitrogen and oxygen atoms in total. The van der Waals surface area contributed by atoms with Gasteiger partial charge in [-0.2, -0.15) is 0 Å². The molecule has 0 saturated heterocycles. The van der Waals surface area contributed by atoms with E-state index in [1.165, 1.54) is 0 Å². The van der Waals surface area contributed by atoms with Crippen LogP contribution < -0.4 is 0 Å². The second-order valence-electron chi connectivity index (χ2n) is 38.2. The van der Waals surface area contributed by atoms with Crippen molar-refractivity contribution in [3.8, 4) is 0 Å². The van der Waals surface area contributed by atoms with Gasteiger partial charge in [0.2, 0.25) is 0 Å². The minimum Gasteiger partial charge on any atom is -0.437 e. The molecule has 0 aromatic carbocycles. The molecule has 0 aliphatic carbocycles. The lowest BCUT2D eigenvalue weighted by Gasteiger charge is -2.46. The zero-order valence-electron chi connectivity index (χ0n) is 75.3. The fraction of sp³-hybridized carbons (Fsp3) is 1.00. The number of aliphatic hydroxyl groups excluding tert-OH is 2. The predicted octanol–water partition coefficient (Wildman–Crippen LogP) is 17.3. The molecule has 49 heteroatoms. The Balaban J connectivity index is 6.09. The van der Waals surface area contributed by atoms with Crippen LogP contribution in [0.5, 0.6) is 0 Å². The summed E-state index contributed by atoms with van der Waals surface area (Å²) in [6.07, 6.45) is 1.42. The van der Waals surface area contributed by atoms with E-state index < -0.39 is 196 Å². The Kier molecular flexibility index (Phi) is 41.4. The van der Waals surface area contributed by atoms with E-state index in [4.69, 9.17) is 100 Å². The average Bonchev–Trinajstić information content (AvgIpc) is 0.809. The summed E-state index contributed by atoms with van der Waals surface area (Å²) in [4.78, 5) is 0. The van der Waals surface area contributed by atoms with Crippen molar-refractivity contribution in [1.82, 2.24) is 0 Å². The maximum Gasteiger partial charge on any atom is 0.317 e. The summed E-state index contributed by atoms with van der Waals surface area (Å²) in [7, 11) is -64.0. The number of hydrogen-bond donors (Lipinski definition) is 2. The Morgan fingerprint density at radius 2 is 0.286 bits per heavy atom. The topological polar surface area (TPSA) is 262 Å². The Morgan fingerprint density at radius 1 is 0.152 bits per heavy atom. The maximum absolute atomic E-state index is 9.39. The van der Waals surface area contributed by atoms with E-state index in [1.807, 2.05) is 78.6 Å². The molecule has 2 unspecified atom stereocenters. The van der Waals surface area contributed by atoms with Gasteiger partial charge in [0, 0.05) is 13.2 Å². The molecule has 0 aromatic heterocycles. The van der Waals surface area contributed by atoms with Gasteiger partial charge in [-0.3, -0.25) is 0 Å². The molecule has 0 aliphatic heterocycles. The maximum atomic E-state index is 9.39. The van der Waals surface area contributed by atoms with E-state index in [-0.39, 0.29) is 26.4 Å². The van der Waals surface area contributed by atoms with Crippen LogP contribution in [0.2, 0.25) is 313 Å². The highest BCUT2D eigenvalue weighted by Crippen LogP contribution is 2.37. The van der Waals surface area contributed by atoms with Gasteiger partial charge >= 0.3 is 180 Å². The molecule has 0 aromatic rings. The lowest BCUT2D eigenvalue weighted by atomic mass is 10.5. The highest BCUT2D eigenvalue weighted by molar-refractivity contribution is 6.97. The highest BCUT2D eigenvalue weighted by atomic mass is 28.6. The number of rotatable bonds is 56. The van der Waals surface area contributed by atoms with Gasteiger partial charge < -0.3 is 110 Å². The van der Waals surface area contributed by atoms with Crippen LogP contribution in [0.25, 0.3) is 0 Å². The van der Waals surface area contributed by atoms with Crippen molar-refractivity contribution in [2.75, 3.05) is 39.6 Å². The molecule has 0 rings (SSSR count). The van der Waals surface area contributed by atoms with Gasteiger partial charge in [-0.25, -0.2) is 0 Å². The molecule has 2 atom stereocenters. The van der Waals surface area contributed by atoms with Gasteiger partial charge in [-0.15, -0.1) is 0 Å². The smallest absolute Gasteiger partial charge is 0.317 e. The van der Waals surface area contributed by atoms with Crippen molar-refractivity contribution in [2.45, 2.75) is 326 Å². The molecule has 0 heterocycles. The summed E-state index contributed by atoms with van der Waals surface area (Å²) in [6.45, 7) is 97.0. The summed E-state index contributed by atoms with van der Waals surface area (Å²) in [6, 6.07) is 1.36. The van der Waals surface area contributed by atoms with Crippen LogP contribution in [0.3, 0.4) is 0 Å². The van der Waals surface area contributed by atoms with Crippen molar-refractivity contribution < 1.29 is 110 Å². The Bertz CT molecular complexity index is 2610. The molecule has 0 radical (unpaired) electrons. The number of hydrogen-bond acceptors (Lipinski definition) is 26. The van der Waals surface area contributed by atoms with E-state index in [0.717, 1.165) is 6.42 Å². The lowest BCUT2D eigenvalue weighted by molar-refractivity contribution is 0.0910. The summed E-state index contributed by atoms with van der Waals surface area (Å²) in [5.74, 6) is 0. The van der Waals surface area contributed by atoms with Crippen LogP contribution in [0.4, 0.5) is 0 Å². The van der Waals surface area contributed by atoms with Crippen molar-refractivity contribution in [3.63, 3.8) is 0 Å². The van der Waals surface area contributed by atoms with Gasteiger partial charge in [0.1, 0.15) is 0 Å². The first-order chi connectivity index (χ1) is 45.7. The zero-order valence-corrected chi connectivity index (χ0v) is 98.3. The predicted molar refractivity (Wildman–Crippen MR) is 481 cm³/mol. The first kappa shape index (κ1) is 109. The first-order valence-corrected chi connectivity index (χ1v) is 103. The van der Waals surface area contributed by atoms with Crippen LogP contribution in [0.15, 0.2) is 0 Å². The third-order valence-corrected chi connectivity index (χ3v) is 102. The number of ether oxygens (including phenoxy) is 2. The minimum absolute atomic E-state index is 0.0245. The summed E-state index contributed by atoms with van der Waals surface area (Å²) < 4.78 is 165. The Hall–Kier alpha value is 3.95. The van der Waals surface area contributed by atoms with Gasteiger partial charge in [0.25, 0.3) is 0 Å². The molecule has 0 saturated carbocycles. The van der Waals surface area contributed by atoms with Crippen LogP contribution in [0.1, 0.15) is 12.8 Å². The minimum atomic E-state index is -3.02. The third-order valence-electron chi connectivity index (χ3n) is 13.1. The third kappa shape index (κ3) is 52.5. The zero-order chi connectivity index (χ0) is 83.5. The van der Waals surface area contributed by atoms with E-state index in [9.17, 15) is 10.2 Å². The van der Waals surface area contributed by atoms with E-state index in [0.29, 0.717) is 31.7 Å². The van der Waals surface area contributed by atoms with Crippen molar-refractivity contribution in [2.24, 2.45) is 0 Å². The fourth-order valence-electron chi connectivity index (χ4n) is 15.0. The normalized spacial score (nSPS) is 16.7. The van der Waals surface area contributed by atoms with Crippen LogP contribution in [-0.2, 0) is 100 Å². The second kappa shape index (κ2) is 39.9. The van der Waals surface area contributed by atoms with Gasteiger partial charge in [-0.05, 0) is 326 Å². The molecular weight excluding hydrogens is 1730 g/mol. The van der Waals surface area contributed by atoms with Gasteiger partial charge in [0.15, 0.2) is 16.6 Å². The lowest BCUT2D eigenvalue weighted by Crippen LogP contribution is -2.63. The van der Waals surface area contributed by atoms with Crippen LogP contribution in [-0.4, -0.2) is 246 Å². The molecule has 105 heavy (non-hydrogen) atoms. The van der Waals surface area contributed by atoms with Crippen LogP contribution >= 0.6 is 0 Å². The van der Waals surface area contributed by atoms with Crippen molar-refractivity contribution in [3.05, 3.63) is 0 Å². The van der Waals surface area contributed by atoms with Gasteiger partial charge in [0.05, 0.1) is 26.4 Å². The van der Waals surface area contributed by atoms with E-state index in [2.05, 4.69) is 223 Å². The molecular formula is C56H160O26Si23. The molecule has 0 fully saturated rings. The Labute approximate surface area is 666 Å².